The van der Waals surface area contributed by atoms with E-state index in [9.17, 15) is 4.79 Å². The van der Waals surface area contributed by atoms with Gasteiger partial charge in [-0.2, -0.15) is 0 Å². The topological polar surface area (TPSA) is 47.6 Å². The summed E-state index contributed by atoms with van der Waals surface area (Å²) in [7, 11) is 1.64. The van der Waals surface area contributed by atoms with E-state index in [-0.39, 0.29) is 5.91 Å². The molecule has 3 aromatic rings. The second-order valence-corrected chi connectivity index (χ2v) is 8.62. The van der Waals surface area contributed by atoms with Gasteiger partial charge in [-0.05, 0) is 80.6 Å². The number of amides is 1. The second-order valence-electron chi connectivity index (χ2n) is 8.62. The third-order valence-corrected chi connectivity index (χ3v) is 5.63. The largest absolute Gasteiger partial charge is 0.493 e. The molecule has 1 amide bonds. The van der Waals surface area contributed by atoms with Gasteiger partial charge in [0.1, 0.15) is 6.61 Å². The Morgan fingerprint density at radius 3 is 2.18 bits per heavy atom. The van der Waals surface area contributed by atoms with Gasteiger partial charge in [0.25, 0.3) is 0 Å². The molecule has 3 aromatic carbocycles. The van der Waals surface area contributed by atoms with E-state index in [1.807, 2.05) is 38.1 Å². The Hall–Kier alpha value is -3.53. The summed E-state index contributed by atoms with van der Waals surface area (Å²) in [6.07, 6.45) is 2.03. The zero-order valence-electron chi connectivity index (χ0n) is 20.6. The molecule has 4 nitrogen and oxygen atoms in total. The molecular weight excluding hydrogens is 410 g/mol. The van der Waals surface area contributed by atoms with E-state index < -0.39 is 0 Å². The molecule has 0 spiro atoms. The van der Waals surface area contributed by atoms with Gasteiger partial charge >= 0.3 is 0 Å². The first-order valence-corrected chi connectivity index (χ1v) is 11.1. The molecule has 0 aliphatic heterocycles. The van der Waals surface area contributed by atoms with Crippen molar-refractivity contribution in [3.8, 4) is 33.8 Å². The monoisotopic (exact) mass is 443 g/mol. The SMILES string of the molecule is COc1cc(-c2c(C)cc(-c3ccc(C)cc3)c(C)c2NC(C)=O)ccc1OCC=C(C)C. The van der Waals surface area contributed by atoms with Crippen molar-refractivity contribution in [2.24, 2.45) is 0 Å². The van der Waals surface area contributed by atoms with Crippen LogP contribution in [0, 0.1) is 20.8 Å². The molecule has 0 unspecified atom stereocenters. The fraction of sp³-hybridized carbons (Fsp3) is 0.276. The molecule has 0 aliphatic rings. The lowest BCUT2D eigenvalue weighted by atomic mass is 9.89. The molecule has 3 rings (SSSR count). The summed E-state index contributed by atoms with van der Waals surface area (Å²) in [6, 6.07) is 16.5. The highest BCUT2D eigenvalue weighted by molar-refractivity contribution is 5.99. The van der Waals surface area contributed by atoms with Gasteiger partial charge < -0.3 is 14.8 Å². The highest BCUT2D eigenvalue weighted by Crippen LogP contribution is 2.42. The van der Waals surface area contributed by atoms with Crippen LogP contribution >= 0.6 is 0 Å². The van der Waals surface area contributed by atoms with Crippen LogP contribution in [0.4, 0.5) is 5.69 Å². The van der Waals surface area contributed by atoms with Crippen LogP contribution in [0.3, 0.4) is 0 Å². The van der Waals surface area contributed by atoms with E-state index >= 15 is 0 Å². The maximum absolute atomic E-state index is 12.1. The summed E-state index contributed by atoms with van der Waals surface area (Å²) in [4.78, 5) is 12.1. The number of ether oxygens (including phenoxy) is 2. The third-order valence-electron chi connectivity index (χ3n) is 5.63. The van der Waals surface area contributed by atoms with E-state index in [1.165, 1.54) is 18.1 Å². The predicted molar refractivity (Wildman–Crippen MR) is 137 cm³/mol. The van der Waals surface area contributed by atoms with E-state index in [2.05, 4.69) is 56.4 Å². The minimum Gasteiger partial charge on any atom is -0.493 e. The van der Waals surface area contributed by atoms with Gasteiger partial charge in [0.15, 0.2) is 11.5 Å². The number of hydrogen-bond acceptors (Lipinski definition) is 3. The lowest BCUT2D eigenvalue weighted by Gasteiger charge is -2.21. The average molecular weight is 444 g/mol. The normalized spacial score (nSPS) is 10.5. The van der Waals surface area contributed by atoms with Crippen LogP contribution in [0.25, 0.3) is 22.3 Å². The van der Waals surface area contributed by atoms with Crippen LogP contribution < -0.4 is 14.8 Å². The predicted octanol–water partition coefficient (Wildman–Crippen LogP) is 7.26. The van der Waals surface area contributed by atoms with Crippen molar-refractivity contribution in [2.45, 2.75) is 41.5 Å². The molecule has 0 aromatic heterocycles. The van der Waals surface area contributed by atoms with Crippen molar-refractivity contribution < 1.29 is 14.3 Å². The number of aryl methyl sites for hydroxylation is 2. The maximum atomic E-state index is 12.1. The number of carbonyl (C=O) groups is 1. The van der Waals surface area contributed by atoms with Gasteiger partial charge in [-0.15, -0.1) is 0 Å². The number of methoxy groups -OCH3 is 1. The maximum Gasteiger partial charge on any atom is 0.221 e. The van der Waals surface area contributed by atoms with E-state index in [4.69, 9.17) is 9.47 Å². The summed E-state index contributed by atoms with van der Waals surface area (Å²) in [5, 5.41) is 3.08. The van der Waals surface area contributed by atoms with Gasteiger partial charge in [-0.25, -0.2) is 0 Å². The van der Waals surface area contributed by atoms with Crippen molar-refractivity contribution in [1.82, 2.24) is 0 Å². The first kappa shape index (κ1) is 24.1. The number of hydrogen-bond donors (Lipinski definition) is 1. The van der Waals surface area contributed by atoms with Crippen molar-refractivity contribution >= 4 is 11.6 Å². The summed E-state index contributed by atoms with van der Waals surface area (Å²) >= 11 is 0. The van der Waals surface area contributed by atoms with Crippen LogP contribution in [0.2, 0.25) is 0 Å². The van der Waals surface area contributed by atoms with Crippen molar-refractivity contribution in [1.29, 1.82) is 0 Å². The molecule has 4 heteroatoms. The molecule has 0 heterocycles. The highest BCUT2D eigenvalue weighted by atomic mass is 16.5. The molecule has 33 heavy (non-hydrogen) atoms. The van der Waals surface area contributed by atoms with Crippen molar-refractivity contribution in [3.05, 3.63) is 76.9 Å². The number of allylic oxidation sites excluding steroid dienone is 1. The Morgan fingerprint density at radius 2 is 1.58 bits per heavy atom. The van der Waals surface area contributed by atoms with E-state index in [1.54, 1.807) is 7.11 Å². The van der Waals surface area contributed by atoms with Gasteiger partial charge in [0.2, 0.25) is 5.91 Å². The van der Waals surface area contributed by atoms with Gasteiger partial charge in [0.05, 0.1) is 12.8 Å². The average Bonchev–Trinajstić information content (AvgIpc) is 2.76. The fourth-order valence-electron chi connectivity index (χ4n) is 3.89. The summed E-state index contributed by atoms with van der Waals surface area (Å²) in [5.41, 5.74) is 9.50. The fourth-order valence-corrected chi connectivity index (χ4v) is 3.89. The number of benzene rings is 3. The second kappa shape index (κ2) is 10.4. The summed E-state index contributed by atoms with van der Waals surface area (Å²) in [6.45, 7) is 12.3. The molecular formula is C29H33NO3. The Labute approximate surface area is 197 Å². The zero-order valence-corrected chi connectivity index (χ0v) is 20.6. The molecule has 0 saturated carbocycles. The molecule has 172 valence electrons. The van der Waals surface area contributed by atoms with E-state index in [0.717, 1.165) is 39.1 Å². The molecule has 0 saturated heterocycles. The minimum atomic E-state index is -0.103. The minimum absolute atomic E-state index is 0.103. The smallest absolute Gasteiger partial charge is 0.221 e. The van der Waals surface area contributed by atoms with Gasteiger partial charge in [-0.3, -0.25) is 4.79 Å². The van der Waals surface area contributed by atoms with Crippen molar-refractivity contribution in [2.75, 3.05) is 19.0 Å². The Bertz CT molecular complexity index is 1190. The molecule has 0 atom stereocenters. The quantitative estimate of drug-likeness (QED) is 0.391. The van der Waals surface area contributed by atoms with Gasteiger partial charge in [0, 0.05) is 12.5 Å². The first-order valence-electron chi connectivity index (χ1n) is 11.1. The molecule has 1 N–H and O–H groups in total. The Kier molecular flexibility index (Phi) is 7.59. The van der Waals surface area contributed by atoms with Crippen LogP contribution in [0.5, 0.6) is 11.5 Å². The number of anilines is 1. The highest BCUT2D eigenvalue weighted by Gasteiger charge is 2.18. The lowest BCUT2D eigenvalue weighted by Crippen LogP contribution is -2.10. The third kappa shape index (κ3) is 5.64. The first-order chi connectivity index (χ1) is 15.7. The summed E-state index contributed by atoms with van der Waals surface area (Å²) in [5.74, 6) is 1.24. The number of carbonyl (C=O) groups excluding carboxylic acids is 1. The van der Waals surface area contributed by atoms with E-state index in [0.29, 0.717) is 18.1 Å². The molecule has 0 radical (unpaired) electrons. The molecule has 0 aliphatic carbocycles. The molecule has 0 fully saturated rings. The standard InChI is InChI=1S/C29H33NO3/c1-18(2)14-15-33-26-13-12-24(17-27(26)32-7)28-20(4)16-25(21(5)29(28)30-22(6)31)23-10-8-19(3)9-11-23/h8-14,16-17H,15H2,1-7H3,(H,30,31). The van der Waals surface area contributed by atoms with Crippen LogP contribution in [-0.4, -0.2) is 19.6 Å². The van der Waals surface area contributed by atoms with Gasteiger partial charge in [-0.1, -0.05) is 47.5 Å². The zero-order chi connectivity index (χ0) is 24.1. The van der Waals surface area contributed by atoms with Crippen LogP contribution in [0.15, 0.2) is 60.2 Å². The van der Waals surface area contributed by atoms with Crippen LogP contribution in [0.1, 0.15) is 37.5 Å². The number of nitrogens with one attached hydrogen (secondary N) is 1. The van der Waals surface area contributed by atoms with Crippen LogP contribution in [-0.2, 0) is 4.79 Å². The van der Waals surface area contributed by atoms with Crippen molar-refractivity contribution in [3.63, 3.8) is 0 Å². The number of rotatable bonds is 7. The Balaban J connectivity index is 2.13. The Morgan fingerprint density at radius 1 is 0.909 bits per heavy atom. The lowest BCUT2D eigenvalue weighted by molar-refractivity contribution is -0.114. The molecule has 0 bridgehead atoms. The summed E-state index contributed by atoms with van der Waals surface area (Å²) < 4.78 is 11.5.